The van der Waals surface area contributed by atoms with E-state index in [1.165, 1.54) is 0 Å². The van der Waals surface area contributed by atoms with Gasteiger partial charge >= 0.3 is 0 Å². The van der Waals surface area contributed by atoms with Gasteiger partial charge in [0.1, 0.15) is 23.7 Å². The van der Waals surface area contributed by atoms with Crippen molar-refractivity contribution in [1.82, 2.24) is 19.7 Å². The summed E-state index contributed by atoms with van der Waals surface area (Å²) < 4.78 is 7.14. The molecule has 0 radical (unpaired) electrons. The van der Waals surface area contributed by atoms with E-state index in [4.69, 9.17) is 4.74 Å². The van der Waals surface area contributed by atoms with Crippen molar-refractivity contribution in [2.75, 3.05) is 13.7 Å². The molecule has 0 fully saturated rings. The third-order valence-electron chi connectivity index (χ3n) is 3.40. The van der Waals surface area contributed by atoms with Crippen LogP contribution in [0, 0.1) is 0 Å². The Labute approximate surface area is 111 Å². The molecule has 0 saturated carbocycles. The normalized spacial score (nSPS) is 15.2. The Hall–Kier alpha value is -2.08. The molecule has 0 spiro atoms. The van der Waals surface area contributed by atoms with Crippen LogP contribution in [0.15, 0.2) is 24.5 Å². The molecule has 0 unspecified atom stereocenters. The van der Waals surface area contributed by atoms with Crippen molar-refractivity contribution in [3.05, 3.63) is 35.9 Å². The number of ether oxygens (including phenoxy) is 1. The van der Waals surface area contributed by atoms with E-state index in [9.17, 15) is 5.11 Å². The van der Waals surface area contributed by atoms with Crippen LogP contribution >= 0.6 is 0 Å². The molecular weight excluding hydrogens is 244 g/mol. The molecular formula is C13H16N4O2. The van der Waals surface area contributed by atoms with Gasteiger partial charge in [0.2, 0.25) is 0 Å². The van der Waals surface area contributed by atoms with E-state index < -0.39 is 0 Å². The summed E-state index contributed by atoms with van der Waals surface area (Å²) in [7, 11) is 1.59. The molecule has 19 heavy (non-hydrogen) atoms. The van der Waals surface area contributed by atoms with Crippen LogP contribution in [-0.2, 0) is 19.6 Å². The molecule has 0 aliphatic carbocycles. The first-order valence-corrected chi connectivity index (χ1v) is 6.21. The molecule has 2 heterocycles. The highest BCUT2D eigenvalue weighted by atomic mass is 16.5. The Balaban J connectivity index is 1.73. The summed E-state index contributed by atoms with van der Waals surface area (Å²) in [5.41, 5.74) is 0.897. The first-order valence-electron chi connectivity index (χ1n) is 6.21. The maximum Gasteiger partial charge on any atom is 0.147 e. The zero-order valence-corrected chi connectivity index (χ0v) is 10.8. The summed E-state index contributed by atoms with van der Waals surface area (Å²) in [6.45, 7) is 3.27. The van der Waals surface area contributed by atoms with Gasteiger partial charge in [-0.3, -0.25) is 4.90 Å². The van der Waals surface area contributed by atoms with Gasteiger partial charge in [-0.1, -0.05) is 6.07 Å². The van der Waals surface area contributed by atoms with Gasteiger partial charge in [0.05, 0.1) is 13.7 Å². The van der Waals surface area contributed by atoms with Crippen molar-refractivity contribution in [3.63, 3.8) is 0 Å². The van der Waals surface area contributed by atoms with Gasteiger partial charge < -0.3 is 14.4 Å². The van der Waals surface area contributed by atoms with Crippen LogP contribution in [0.2, 0.25) is 0 Å². The predicted octanol–water partition coefficient (Wildman–Crippen LogP) is 1.01. The van der Waals surface area contributed by atoms with E-state index in [1.54, 1.807) is 19.5 Å². The van der Waals surface area contributed by atoms with Crippen LogP contribution in [0.4, 0.5) is 0 Å². The minimum absolute atomic E-state index is 0.270. The SMILES string of the molecule is COc1ccc(CN2CCn3cnnc3C2)c(O)c1. The maximum absolute atomic E-state index is 9.97. The van der Waals surface area contributed by atoms with E-state index in [0.29, 0.717) is 12.3 Å². The van der Waals surface area contributed by atoms with Crippen molar-refractivity contribution < 1.29 is 9.84 Å². The van der Waals surface area contributed by atoms with Gasteiger partial charge in [-0.05, 0) is 6.07 Å². The van der Waals surface area contributed by atoms with Gasteiger partial charge in [0.15, 0.2) is 0 Å². The Morgan fingerprint density at radius 3 is 3.05 bits per heavy atom. The van der Waals surface area contributed by atoms with Crippen molar-refractivity contribution >= 4 is 0 Å². The van der Waals surface area contributed by atoms with Crippen molar-refractivity contribution in [3.8, 4) is 11.5 Å². The molecule has 0 bridgehead atoms. The Morgan fingerprint density at radius 2 is 2.26 bits per heavy atom. The summed E-state index contributed by atoms with van der Waals surface area (Å²) in [6.07, 6.45) is 1.76. The standard InChI is InChI=1S/C13H16N4O2/c1-19-11-3-2-10(12(18)6-11)7-16-4-5-17-9-14-15-13(17)8-16/h2-3,6,9,18H,4-5,7-8H2,1H3. The fourth-order valence-electron chi connectivity index (χ4n) is 2.30. The molecule has 0 amide bonds. The van der Waals surface area contributed by atoms with Gasteiger partial charge in [-0.15, -0.1) is 10.2 Å². The van der Waals surface area contributed by atoms with E-state index in [-0.39, 0.29) is 5.75 Å². The molecule has 2 aromatic rings. The number of aromatic nitrogens is 3. The second-order valence-corrected chi connectivity index (χ2v) is 4.65. The molecule has 1 N–H and O–H groups in total. The number of methoxy groups -OCH3 is 1. The van der Waals surface area contributed by atoms with Crippen LogP contribution in [0.1, 0.15) is 11.4 Å². The average molecular weight is 260 g/mol. The van der Waals surface area contributed by atoms with Gasteiger partial charge in [-0.2, -0.15) is 0 Å². The topological polar surface area (TPSA) is 63.4 Å². The van der Waals surface area contributed by atoms with E-state index in [0.717, 1.165) is 31.0 Å². The third kappa shape index (κ3) is 2.39. The third-order valence-corrected chi connectivity index (χ3v) is 3.40. The van der Waals surface area contributed by atoms with Gasteiger partial charge in [-0.25, -0.2) is 0 Å². The highest BCUT2D eigenvalue weighted by Gasteiger charge is 2.18. The second-order valence-electron chi connectivity index (χ2n) is 4.65. The Bertz CT molecular complexity index is 582. The smallest absolute Gasteiger partial charge is 0.147 e. The van der Waals surface area contributed by atoms with Gasteiger partial charge in [0, 0.05) is 31.3 Å². The lowest BCUT2D eigenvalue weighted by atomic mass is 10.1. The molecule has 0 saturated heterocycles. The summed E-state index contributed by atoms with van der Waals surface area (Å²) >= 11 is 0. The highest BCUT2D eigenvalue weighted by Crippen LogP contribution is 2.25. The van der Waals surface area contributed by atoms with E-state index in [1.807, 2.05) is 12.1 Å². The lowest BCUT2D eigenvalue weighted by Gasteiger charge is -2.27. The molecule has 6 nitrogen and oxygen atoms in total. The minimum Gasteiger partial charge on any atom is -0.507 e. The fraction of sp³-hybridized carbons (Fsp3) is 0.385. The average Bonchev–Trinajstić information content (AvgIpc) is 2.88. The minimum atomic E-state index is 0.270. The zero-order valence-electron chi connectivity index (χ0n) is 10.8. The number of benzene rings is 1. The van der Waals surface area contributed by atoms with Crippen molar-refractivity contribution in [2.45, 2.75) is 19.6 Å². The number of phenols is 1. The molecule has 3 rings (SSSR count). The van der Waals surface area contributed by atoms with Gasteiger partial charge in [0.25, 0.3) is 0 Å². The predicted molar refractivity (Wildman–Crippen MR) is 68.8 cm³/mol. The Kier molecular flexibility index (Phi) is 3.08. The van der Waals surface area contributed by atoms with Crippen LogP contribution in [0.3, 0.4) is 0 Å². The highest BCUT2D eigenvalue weighted by molar-refractivity contribution is 5.39. The Morgan fingerprint density at radius 1 is 1.37 bits per heavy atom. The van der Waals surface area contributed by atoms with Crippen LogP contribution in [0.5, 0.6) is 11.5 Å². The van der Waals surface area contributed by atoms with Crippen molar-refractivity contribution in [2.24, 2.45) is 0 Å². The quantitative estimate of drug-likeness (QED) is 0.892. The van der Waals surface area contributed by atoms with Crippen LogP contribution < -0.4 is 4.74 Å². The summed E-state index contributed by atoms with van der Waals surface area (Å²) in [5.74, 6) is 1.91. The number of phenolic OH excluding ortho intramolecular Hbond substituents is 1. The van der Waals surface area contributed by atoms with E-state index in [2.05, 4.69) is 19.7 Å². The maximum atomic E-state index is 9.97. The first kappa shape index (κ1) is 12.0. The molecule has 1 aliphatic rings. The fourth-order valence-corrected chi connectivity index (χ4v) is 2.30. The number of hydrogen-bond acceptors (Lipinski definition) is 5. The molecule has 6 heteroatoms. The number of hydrogen-bond donors (Lipinski definition) is 1. The monoisotopic (exact) mass is 260 g/mol. The number of rotatable bonds is 3. The number of fused-ring (bicyclic) bond motifs is 1. The lowest BCUT2D eigenvalue weighted by Crippen LogP contribution is -2.33. The summed E-state index contributed by atoms with van der Waals surface area (Å²) in [4.78, 5) is 2.24. The van der Waals surface area contributed by atoms with E-state index >= 15 is 0 Å². The largest absolute Gasteiger partial charge is 0.507 e. The molecule has 1 aromatic carbocycles. The summed E-state index contributed by atoms with van der Waals surface area (Å²) in [5, 5.41) is 18.0. The molecule has 100 valence electrons. The first-order chi connectivity index (χ1) is 9.26. The number of nitrogens with zero attached hydrogens (tertiary/aromatic N) is 4. The molecule has 1 aromatic heterocycles. The molecule has 1 aliphatic heterocycles. The van der Waals surface area contributed by atoms with Crippen molar-refractivity contribution in [1.29, 1.82) is 0 Å². The number of aromatic hydroxyl groups is 1. The summed E-state index contributed by atoms with van der Waals surface area (Å²) in [6, 6.07) is 5.40. The second kappa shape index (κ2) is 4.89. The lowest BCUT2D eigenvalue weighted by molar-refractivity contribution is 0.206. The van der Waals surface area contributed by atoms with Crippen LogP contribution in [-0.4, -0.2) is 38.4 Å². The molecule has 0 atom stereocenters. The zero-order chi connectivity index (χ0) is 13.2. The van der Waals surface area contributed by atoms with Crippen LogP contribution in [0.25, 0.3) is 0 Å².